The van der Waals surface area contributed by atoms with E-state index in [4.69, 9.17) is 26.6 Å². The highest BCUT2D eigenvalue weighted by Crippen LogP contribution is 2.38. The third-order valence-electron chi connectivity index (χ3n) is 4.52. The number of hydrogen-bond acceptors (Lipinski definition) is 4. The zero-order chi connectivity index (χ0) is 17.4. The highest BCUT2D eigenvalue weighted by molar-refractivity contribution is 6.56. The number of hydrogen-bond donors (Lipinski definition) is 1. The van der Waals surface area contributed by atoms with Crippen molar-refractivity contribution in [3.8, 4) is 0 Å². The van der Waals surface area contributed by atoms with Crippen molar-refractivity contribution in [2.45, 2.75) is 45.8 Å². The van der Waals surface area contributed by atoms with E-state index < -0.39 is 18.3 Å². The van der Waals surface area contributed by atoms with Gasteiger partial charge in [0.15, 0.2) is 5.78 Å². The molecule has 4 nitrogen and oxygen atoms in total. The molecule has 1 aliphatic heterocycles. The minimum absolute atomic E-state index is 0.0597. The standard InChI is InChI=1S/C17H23BClNO3/c1-11(21)14-7-6-12(9-15(14)19)8-13(10-20)18-22-16(2,3)17(4,5)23-18/h6-9H,10,20H2,1-5H3. The van der Waals surface area contributed by atoms with Crippen LogP contribution in [0.4, 0.5) is 0 Å². The average molecular weight is 336 g/mol. The predicted molar refractivity (Wildman–Crippen MR) is 94.6 cm³/mol. The van der Waals surface area contributed by atoms with Gasteiger partial charge in [-0.2, -0.15) is 0 Å². The number of rotatable bonds is 4. The molecule has 1 saturated heterocycles. The molecule has 0 saturated carbocycles. The van der Waals surface area contributed by atoms with E-state index in [0.717, 1.165) is 11.0 Å². The maximum atomic E-state index is 11.4. The molecule has 1 fully saturated rings. The Morgan fingerprint density at radius 3 is 2.26 bits per heavy atom. The van der Waals surface area contributed by atoms with Crippen LogP contribution in [-0.2, 0) is 9.31 Å². The van der Waals surface area contributed by atoms with E-state index >= 15 is 0 Å². The van der Waals surface area contributed by atoms with E-state index in [1.807, 2.05) is 39.8 Å². The maximum Gasteiger partial charge on any atom is 0.491 e. The fraction of sp³-hybridized carbons (Fsp3) is 0.471. The normalized spacial score (nSPS) is 20.0. The summed E-state index contributed by atoms with van der Waals surface area (Å²) in [6.45, 7) is 9.80. The lowest BCUT2D eigenvalue weighted by Gasteiger charge is -2.32. The molecular weight excluding hydrogens is 312 g/mol. The van der Waals surface area contributed by atoms with Gasteiger partial charge in [-0.15, -0.1) is 0 Å². The van der Waals surface area contributed by atoms with Gasteiger partial charge in [-0.3, -0.25) is 4.79 Å². The molecular formula is C17H23BClNO3. The molecule has 2 N–H and O–H groups in total. The first kappa shape index (κ1) is 18.2. The molecule has 6 heteroatoms. The van der Waals surface area contributed by atoms with Crippen LogP contribution in [0.15, 0.2) is 23.7 Å². The van der Waals surface area contributed by atoms with Crippen molar-refractivity contribution < 1.29 is 14.1 Å². The molecule has 1 aromatic rings. The molecule has 124 valence electrons. The lowest BCUT2D eigenvalue weighted by molar-refractivity contribution is 0.00578. The highest BCUT2D eigenvalue weighted by Gasteiger charge is 2.52. The summed E-state index contributed by atoms with van der Waals surface area (Å²) in [4.78, 5) is 11.4. The summed E-state index contributed by atoms with van der Waals surface area (Å²) in [5, 5.41) is 0.427. The Morgan fingerprint density at radius 2 is 1.83 bits per heavy atom. The zero-order valence-corrected chi connectivity index (χ0v) is 15.0. The highest BCUT2D eigenvalue weighted by atomic mass is 35.5. The Labute approximate surface area is 143 Å². The summed E-state index contributed by atoms with van der Waals surface area (Å²) in [7, 11) is -0.490. The van der Waals surface area contributed by atoms with Gasteiger partial charge < -0.3 is 15.0 Å². The van der Waals surface area contributed by atoms with Crippen molar-refractivity contribution in [1.82, 2.24) is 0 Å². The number of halogens is 1. The second-order valence-corrected chi connectivity index (χ2v) is 7.21. The summed E-state index contributed by atoms with van der Waals surface area (Å²) in [5.41, 5.74) is 7.24. The van der Waals surface area contributed by atoms with Crippen molar-refractivity contribution in [2.75, 3.05) is 6.54 Å². The van der Waals surface area contributed by atoms with Crippen LogP contribution in [0.25, 0.3) is 6.08 Å². The van der Waals surface area contributed by atoms with E-state index in [-0.39, 0.29) is 5.78 Å². The maximum absolute atomic E-state index is 11.4. The molecule has 23 heavy (non-hydrogen) atoms. The molecule has 1 aromatic carbocycles. The minimum Gasteiger partial charge on any atom is -0.400 e. The fourth-order valence-electron chi connectivity index (χ4n) is 2.34. The molecule has 2 rings (SSSR count). The van der Waals surface area contributed by atoms with Crippen molar-refractivity contribution in [3.63, 3.8) is 0 Å². The van der Waals surface area contributed by atoms with Crippen LogP contribution in [0.5, 0.6) is 0 Å². The summed E-state index contributed by atoms with van der Waals surface area (Å²) < 4.78 is 12.0. The van der Waals surface area contributed by atoms with Crippen LogP contribution in [0.2, 0.25) is 5.02 Å². The summed E-state index contributed by atoms with van der Waals surface area (Å²) in [6, 6.07) is 5.30. The van der Waals surface area contributed by atoms with E-state index in [2.05, 4.69) is 0 Å². The van der Waals surface area contributed by atoms with Gasteiger partial charge in [-0.1, -0.05) is 23.7 Å². The molecule has 0 radical (unpaired) electrons. The Hall–Kier alpha value is -1.14. The lowest BCUT2D eigenvalue weighted by Crippen LogP contribution is -2.41. The van der Waals surface area contributed by atoms with Gasteiger partial charge in [0.1, 0.15) is 0 Å². The zero-order valence-electron chi connectivity index (χ0n) is 14.3. The molecule has 0 aromatic heterocycles. The Balaban J connectivity index is 2.30. The smallest absolute Gasteiger partial charge is 0.400 e. The van der Waals surface area contributed by atoms with Crippen LogP contribution in [-0.4, -0.2) is 30.6 Å². The van der Waals surface area contributed by atoms with Gasteiger partial charge >= 0.3 is 7.12 Å². The molecule has 0 spiro atoms. The Morgan fingerprint density at radius 1 is 1.26 bits per heavy atom. The predicted octanol–water partition coefficient (Wildman–Crippen LogP) is 3.52. The van der Waals surface area contributed by atoms with Crippen molar-refractivity contribution in [3.05, 3.63) is 39.8 Å². The van der Waals surface area contributed by atoms with E-state index in [0.29, 0.717) is 17.1 Å². The fourth-order valence-corrected chi connectivity index (χ4v) is 2.66. The quantitative estimate of drug-likeness (QED) is 0.675. The third-order valence-corrected chi connectivity index (χ3v) is 4.83. The number of carbonyl (C=O) groups excluding carboxylic acids is 1. The van der Waals surface area contributed by atoms with Gasteiger partial charge in [0.05, 0.1) is 16.2 Å². The molecule has 1 heterocycles. The van der Waals surface area contributed by atoms with Gasteiger partial charge in [0.25, 0.3) is 0 Å². The SMILES string of the molecule is CC(=O)c1ccc(C=C(CN)B2OC(C)(C)C(C)(C)O2)cc1Cl. The average Bonchev–Trinajstić information content (AvgIpc) is 2.64. The van der Waals surface area contributed by atoms with E-state index in [1.165, 1.54) is 6.92 Å². The van der Waals surface area contributed by atoms with E-state index in [1.54, 1.807) is 12.1 Å². The molecule has 0 aliphatic carbocycles. The first-order valence-electron chi connectivity index (χ1n) is 7.64. The van der Waals surface area contributed by atoms with Crippen LogP contribution in [0.3, 0.4) is 0 Å². The van der Waals surface area contributed by atoms with Crippen molar-refractivity contribution in [1.29, 1.82) is 0 Å². The van der Waals surface area contributed by atoms with Crippen LogP contribution in [0, 0.1) is 0 Å². The summed E-state index contributed by atoms with van der Waals surface area (Å²) in [5.74, 6) is -0.0597. The first-order valence-corrected chi connectivity index (χ1v) is 8.02. The summed E-state index contributed by atoms with van der Waals surface area (Å²) >= 11 is 6.16. The monoisotopic (exact) mass is 335 g/mol. The second-order valence-electron chi connectivity index (χ2n) is 6.81. The summed E-state index contributed by atoms with van der Waals surface area (Å²) in [6.07, 6.45) is 1.90. The Kier molecular flexibility index (Phi) is 5.07. The van der Waals surface area contributed by atoms with Crippen molar-refractivity contribution in [2.24, 2.45) is 5.73 Å². The van der Waals surface area contributed by atoms with Crippen LogP contribution < -0.4 is 5.73 Å². The van der Waals surface area contributed by atoms with Gasteiger partial charge in [0.2, 0.25) is 0 Å². The molecule has 0 atom stereocenters. The Bertz CT molecular complexity index is 639. The minimum atomic E-state index is -0.490. The van der Waals surface area contributed by atoms with Gasteiger partial charge in [0, 0.05) is 12.1 Å². The van der Waals surface area contributed by atoms with Crippen LogP contribution in [0.1, 0.15) is 50.5 Å². The van der Waals surface area contributed by atoms with E-state index in [9.17, 15) is 4.79 Å². The molecule has 0 bridgehead atoms. The lowest BCUT2D eigenvalue weighted by atomic mass is 9.77. The number of carbonyl (C=O) groups is 1. The first-order chi connectivity index (χ1) is 10.6. The molecule has 0 unspecified atom stereocenters. The second kappa shape index (κ2) is 6.40. The third kappa shape index (κ3) is 3.69. The van der Waals surface area contributed by atoms with Gasteiger partial charge in [-0.05, 0) is 57.8 Å². The number of Topliss-reactive ketones (excluding diaryl/α,β-unsaturated/α-hetero) is 1. The van der Waals surface area contributed by atoms with Crippen molar-refractivity contribution >= 4 is 30.6 Å². The molecule has 0 amide bonds. The number of ketones is 1. The largest absolute Gasteiger partial charge is 0.491 e. The molecule has 1 aliphatic rings. The van der Waals surface area contributed by atoms with Gasteiger partial charge in [-0.25, -0.2) is 0 Å². The number of nitrogens with two attached hydrogens (primary N) is 1. The topological polar surface area (TPSA) is 61.6 Å². The van der Waals surface area contributed by atoms with Crippen LogP contribution >= 0.6 is 11.6 Å². The number of benzene rings is 1.